The Morgan fingerprint density at radius 1 is 1.71 bits per heavy atom. The van der Waals surface area contributed by atoms with E-state index in [1.54, 1.807) is 13.8 Å². The Labute approximate surface area is 87.1 Å². The normalized spacial score (nSPS) is 13.3. The van der Waals surface area contributed by atoms with Gasteiger partial charge in [-0.1, -0.05) is 0 Å². The molecule has 0 aliphatic carbocycles. The van der Waals surface area contributed by atoms with Crippen molar-refractivity contribution in [3.8, 4) is 0 Å². The zero-order chi connectivity index (χ0) is 10.8. The van der Waals surface area contributed by atoms with Gasteiger partial charge in [-0.15, -0.1) is 11.3 Å². The predicted octanol–water partition coefficient (Wildman–Crippen LogP) is 0.499. The summed E-state index contributed by atoms with van der Waals surface area (Å²) in [7, 11) is 1.86. The molecule has 1 aromatic rings. The number of rotatable bonds is 2. The van der Waals surface area contributed by atoms with E-state index in [2.05, 4.69) is 4.99 Å². The van der Waals surface area contributed by atoms with Crippen LogP contribution in [0.5, 0.6) is 0 Å². The van der Waals surface area contributed by atoms with Gasteiger partial charge in [0.2, 0.25) is 0 Å². The van der Waals surface area contributed by atoms with Crippen LogP contribution in [-0.2, 0) is 11.8 Å². The van der Waals surface area contributed by atoms with Crippen LogP contribution in [0.1, 0.15) is 13.8 Å². The monoisotopic (exact) mass is 213 g/mol. The number of hydrogen-bond donors (Lipinski definition) is 1. The molecule has 0 aliphatic rings. The molecule has 14 heavy (non-hydrogen) atoms. The summed E-state index contributed by atoms with van der Waals surface area (Å²) in [6, 6.07) is 0. The van der Waals surface area contributed by atoms with Crippen molar-refractivity contribution in [3.63, 3.8) is 0 Å². The fourth-order valence-corrected chi connectivity index (χ4v) is 1.49. The van der Waals surface area contributed by atoms with Crippen LogP contribution in [0.15, 0.2) is 16.6 Å². The Morgan fingerprint density at radius 2 is 2.36 bits per heavy atom. The van der Waals surface area contributed by atoms with Crippen LogP contribution in [0.3, 0.4) is 0 Å². The van der Waals surface area contributed by atoms with E-state index in [1.165, 1.54) is 11.3 Å². The van der Waals surface area contributed by atoms with Crippen molar-refractivity contribution in [2.45, 2.75) is 13.8 Å². The van der Waals surface area contributed by atoms with Crippen LogP contribution in [0.2, 0.25) is 0 Å². The second-order valence-electron chi connectivity index (χ2n) is 3.80. The molecule has 0 spiro atoms. The minimum absolute atomic E-state index is 0.168. The van der Waals surface area contributed by atoms with E-state index in [-0.39, 0.29) is 5.91 Å². The van der Waals surface area contributed by atoms with E-state index < -0.39 is 5.41 Å². The number of aryl methyl sites for hydroxylation is 1. The average molecular weight is 213 g/mol. The smallest absolute Gasteiger partial charge is 0.255 e. The van der Waals surface area contributed by atoms with Crippen LogP contribution >= 0.6 is 11.3 Å². The summed E-state index contributed by atoms with van der Waals surface area (Å²) in [5.74, 6) is -0.168. The first kappa shape index (κ1) is 11.1. The van der Waals surface area contributed by atoms with Gasteiger partial charge in [0.15, 0.2) is 4.80 Å². The molecule has 0 saturated heterocycles. The topological polar surface area (TPSA) is 60.4 Å². The number of aromatic nitrogens is 1. The van der Waals surface area contributed by atoms with Gasteiger partial charge in [0.25, 0.3) is 5.91 Å². The van der Waals surface area contributed by atoms with Crippen molar-refractivity contribution in [2.24, 2.45) is 23.2 Å². The SMILES string of the molecule is Cn1ccsc1=NC(=O)C(C)(C)CN. The lowest BCUT2D eigenvalue weighted by atomic mass is 9.93. The molecule has 0 fully saturated rings. The number of thiazole rings is 1. The third kappa shape index (κ3) is 2.30. The predicted molar refractivity (Wildman–Crippen MR) is 56.7 cm³/mol. The lowest BCUT2D eigenvalue weighted by Gasteiger charge is -2.16. The summed E-state index contributed by atoms with van der Waals surface area (Å²) in [6.07, 6.45) is 1.87. The molecule has 4 nitrogen and oxygen atoms in total. The Morgan fingerprint density at radius 3 is 2.79 bits per heavy atom. The van der Waals surface area contributed by atoms with E-state index >= 15 is 0 Å². The molecule has 1 amide bonds. The van der Waals surface area contributed by atoms with Crippen LogP contribution in [0.25, 0.3) is 0 Å². The molecule has 5 heteroatoms. The highest BCUT2D eigenvalue weighted by Gasteiger charge is 2.25. The molecule has 0 atom stereocenters. The summed E-state index contributed by atoms with van der Waals surface area (Å²) >= 11 is 1.44. The van der Waals surface area contributed by atoms with E-state index in [9.17, 15) is 4.79 Å². The van der Waals surface area contributed by atoms with Crippen molar-refractivity contribution in [3.05, 3.63) is 16.4 Å². The van der Waals surface area contributed by atoms with Gasteiger partial charge in [-0.25, -0.2) is 0 Å². The zero-order valence-electron chi connectivity index (χ0n) is 8.65. The van der Waals surface area contributed by atoms with Crippen molar-refractivity contribution >= 4 is 17.2 Å². The maximum atomic E-state index is 11.7. The maximum Gasteiger partial charge on any atom is 0.255 e. The summed E-state index contributed by atoms with van der Waals surface area (Å²) in [4.78, 5) is 16.4. The lowest BCUT2D eigenvalue weighted by molar-refractivity contribution is -0.125. The third-order valence-electron chi connectivity index (χ3n) is 2.05. The van der Waals surface area contributed by atoms with Gasteiger partial charge < -0.3 is 10.3 Å². The molecule has 1 aromatic heterocycles. The average Bonchev–Trinajstić information content (AvgIpc) is 2.52. The first-order chi connectivity index (χ1) is 6.47. The molecule has 2 N–H and O–H groups in total. The van der Waals surface area contributed by atoms with Gasteiger partial charge in [-0.3, -0.25) is 4.79 Å². The fraction of sp³-hybridized carbons (Fsp3) is 0.556. The molecule has 0 bridgehead atoms. The van der Waals surface area contributed by atoms with E-state index in [0.29, 0.717) is 11.3 Å². The van der Waals surface area contributed by atoms with Crippen molar-refractivity contribution < 1.29 is 4.79 Å². The van der Waals surface area contributed by atoms with Gasteiger partial charge >= 0.3 is 0 Å². The van der Waals surface area contributed by atoms with Crippen LogP contribution in [-0.4, -0.2) is 17.0 Å². The Hall–Kier alpha value is -0.940. The second-order valence-corrected chi connectivity index (χ2v) is 4.67. The van der Waals surface area contributed by atoms with Gasteiger partial charge in [-0.05, 0) is 13.8 Å². The molecule has 1 rings (SSSR count). The Bertz CT molecular complexity index is 389. The third-order valence-corrected chi connectivity index (χ3v) is 2.89. The van der Waals surface area contributed by atoms with E-state index in [1.807, 2.05) is 23.2 Å². The standard InChI is InChI=1S/C9H15N3OS/c1-9(2,6-10)7(13)11-8-12(3)4-5-14-8/h4-5H,6,10H2,1-3H3. The van der Waals surface area contributed by atoms with Crippen molar-refractivity contribution in [1.29, 1.82) is 0 Å². The van der Waals surface area contributed by atoms with Crippen LogP contribution < -0.4 is 10.5 Å². The molecule has 0 unspecified atom stereocenters. The Balaban J connectivity index is 3.01. The van der Waals surface area contributed by atoms with Crippen LogP contribution in [0.4, 0.5) is 0 Å². The van der Waals surface area contributed by atoms with E-state index in [4.69, 9.17) is 5.73 Å². The minimum Gasteiger partial charge on any atom is -0.329 e. The number of nitrogens with zero attached hydrogens (tertiary/aromatic N) is 2. The van der Waals surface area contributed by atoms with Gasteiger partial charge in [0.05, 0.1) is 5.41 Å². The quantitative estimate of drug-likeness (QED) is 0.777. The largest absolute Gasteiger partial charge is 0.329 e. The highest BCUT2D eigenvalue weighted by molar-refractivity contribution is 7.07. The van der Waals surface area contributed by atoms with Crippen LogP contribution in [0, 0.1) is 5.41 Å². The lowest BCUT2D eigenvalue weighted by Crippen LogP contribution is -2.33. The Kier molecular flexibility index (Phi) is 3.23. The number of nitrogens with two attached hydrogens (primary N) is 1. The zero-order valence-corrected chi connectivity index (χ0v) is 9.47. The van der Waals surface area contributed by atoms with Gasteiger partial charge in [0, 0.05) is 25.2 Å². The highest BCUT2D eigenvalue weighted by Crippen LogP contribution is 2.14. The summed E-state index contributed by atoms with van der Waals surface area (Å²) in [5.41, 5.74) is 4.92. The molecule has 78 valence electrons. The summed E-state index contributed by atoms with van der Waals surface area (Å²) < 4.78 is 1.81. The molecule has 1 heterocycles. The molecule has 0 aromatic carbocycles. The second kappa shape index (κ2) is 4.06. The van der Waals surface area contributed by atoms with Gasteiger partial charge in [0.1, 0.15) is 0 Å². The van der Waals surface area contributed by atoms with Crippen molar-refractivity contribution in [1.82, 2.24) is 4.57 Å². The number of carbonyl (C=O) groups excluding carboxylic acids is 1. The van der Waals surface area contributed by atoms with Gasteiger partial charge in [-0.2, -0.15) is 4.99 Å². The number of hydrogen-bond acceptors (Lipinski definition) is 3. The summed E-state index contributed by atoms with van der Waals surface area (Å²) in [5, 5.41) is 1.89. The van der Waals surface area contributed by atoms with E-state index in [0.717, 1.165) is 0 Å². The maximum absolute atomic E-state index is 11.7. The molecule has 0 saturated carbocycles. The molecular formula is C9H15N3OS. The first-order valence-electron chi connectivity index (χ1n) is 4.37. The minimum atomic E-state index is -0.572. The summed E-state index contributed by atoms with van der Waals surface area (Å²) in [6.45, 7) is 3.91. The fourth-order valence-electron chi connectivity index (χ4n) is 0.760. The number of amides is 1. The highest BCUT2D eigenvalue weighted by atomic mass is 32.1. The molecule has 0 radical (unpaired) electrons. The molecular weight excluding hydrogens is 198 g/mol. The molecule has 0 aliphatic heterocycles. The van der Waals surface area contributed by atoms with Crippen molar-refractivity contribution in [2.75, 3.05) is 6.54 Å². The first-order valence-corrected chi connectivity index (χ1v) is 5.24. The number of carbonyl (C=O) groups is 1.